The Hall–Kier alpha value is -1.91. The lowest BCUT2D eigenvalue weighted by molar-refractivity contribution is 0.580. The number of thiocarbonyl (C=S) groups is 1. The average Bonchev–Trinajstić information content (AvgIpc) is 2.84. The molecule has 0 aliphatic rings. The molecule has 0 aromatic carbocycles. The van der Waals surface area contributed by atoms with Crippen molar-refractivity contribution in [2.45, 2.75) is 11.3 Å². The highest BCUT2D eigenvalue weighted by atomic mass is 32.2. The fraction of sp³-hybridized carbons (Fsp3) is 0.273. The number of nitrogens with two attached hydrogens (primary N) is 1. The van der Waals surface area contributed by atoms with Gasteiger partial charge in [0.05, 0.1) is 0 Å². The van der Waals surface area contributed by atoms with Crippen LogP contribution in [0.3, 0.4) is 0 Å². The summed E-state index contributed by atoms with van der Waals surface area (Å²) in [6.45, 7) is 0.165. The van der Waals surface area contributed by atoms with Gasteiger partial charge in [-0.05, 0) is 12.1 Å². The van der Waals surface area contributed by atoms with E-state index in [0.717, 1.165) is 0 Å². The van der Waals surface area contributed by atoms with Crippen LogP contribution in [-0.4, -0.2) is 39.7 Å². The average molecular weight is 326 g/mol. The van der Waals surface area contributed by atoms with Gasteiger partial charge in [-0.25, -0.2) is 18.1 Å². The Kier molecular flexibility index (Phi) is 4.60. The van der Waals surface area contributed by atoms with Gasteiger partial charge in [-0.15, -0.1) is 0 Å². The molecule has 0 saturated carbocycles. The molecule has 10 heteroatoms. The van der Waals surface area contributed by atoms with Gasteiger partial charge >= 0.3 is 0 Å². The molecule has 2 rings (SSSR count). The number of sulfonamides is 1. The van der Waals surface area contributed by atoms with Gasteiger partial charge in [-0.2, -0.15) is 5.10 Å². The van der Waals surface area contributed by atoms with E-state index >= 15 is 0 Å². The van der Waals surface area contributed by atoms with Gasteiger partial charge in [-0.1, -0.05) is 12.2 Å². The van der Waals surface area contributed by atoms with Crippen molar-refractivity contribution in [1.29, 1.82) is 0 Å². The summed E-state index contributed by atoms with van der Waals surface area (Å²) in [4.78, 5) is 7.82. The Labute approximate surface area is 127 Å². The van der Waals surface area contributed by atoms with Crippen LogP contribution in [-0.2, 0) is 23.5 Å². The van der Waals surface area contributed by atoms with Crippen molar-refractivity contribution >= 4 is 27.2 Å². The molecule has 0 aliphatic carbocycles. The van der Waals surface area contributed by atoms with E-state index in [4.69, 9.17) is 18.0 Å². The van der Waals surface area contributed by atoms with Gasteiger partial charge < -0.3 is 5.73 Å². The van der Waals surface area contributed by atoms with Crippen molar-refractivity contribution in [3.05, 3.63) is 36.2 Å². The van der Waals surface area contributed by atoms with E-state index in [2.05, 4.69) is 19.8 Å². The molecule has 0 aliphatic heterocycles. The molecule has 8 nitrogen and oxygen atoms in total. The summed E-state index contributed by atoms with van der Waals surface area (Å²) in [6, 6.07) is 2.92. The maximum absolute atomic E-state index is 12.2. The zero-order valence-corrected chi connectivity index (χ0v) is 12.9. The fourth-order valence-corrected chi connectivity index (χ4v) is 3.09. The Morgan fingerprint density at radius 1 is 1.48 bits per heavy atom. The Morgan fingerprint density at radius 2 is 2.24 bits per heavy atom. The number of nitrogens with zero attached hydrogens (tertiary/aromatic N) is 4. The smallest absolute Gasteiger partial charge is 0.242 e. The zero-order valence-electron chi connectivity index (χ0n) is 11.2. The molecular formula is C11H14N6O2S2. The maximum atomic E-state index is 12.2. The number of hydrogen-bond donors (Lipinski definition) is 2. The highest BCUT2D eigenvalue weighted by molar-refractivity contribution is 7.89. The third kappa shape index (κ3) is 3.80. The third-order valence-electron chi connectivity index (χ3n) is 2.58. The standard InChI is InChI=1S/C11H14N6O2S2/c1-17-7-14-9(16-17)4-6-15-21(18,19)8-3-2-5-13-10(8)11(12)20/h2-3,5,7,15H,4,6H2,1H3,(H2,12,20). The normalized spacial score (nSPS) is 11.5. The SMILES string of the molecule is Cn1cnc(CCNS(=O)(=O)c2cccnc2C(N)=S)n1. The summed E-state index contributed by atoms with van der Waals surface area (Å²) in [5.41, 5.74) is 5.57. The number of rotatable bonds is 6. The predicted octanol–water partition coefficient (Wildman–Crippen LogP) is -0.635. The van der Waals surface area contributed by atoms with Crippen LogP contribution in [0.4, 0.5) is 0 Å². The topological polar surface area (TPSA) is 116 Å². The predicted molar refractivity (Wildman–Crippen MR) is 80.0 cm³/mol. The van der Waals surface area contributed by atoms with E-state index in [9.17, 15) is 8.42 Å². The zero-order chi connectivity index (χ0) is 15.5. The number of pyridine rings is 1. The van der Waals surface area contributed by atoms with Crippen molar-refractivity contribution in [1.82, 2.24) is 24.5 Å². The molecule has 21 heavy (non-hydrogen) atoms. The molecule has 0 atom stereocenters. The summed E-state index contributed by atoms with van der Waals surface area (Å²) in [5.74, 6) is 0.556. The van der Waals surface area contributed by atoms with Crippen LogP contribution < -0.4 is 10.5 Å². The van der Waals surface area contributed by atoms with E-state index < -0.39 is 10.0 Å². The summed E-state index contributed by atoms with van der Waals surface area (Å²) >= 11 is 4.81. The summed E-state index contributed by atoms with van der Waals surface area (Å²) in [6.07, 6.45) is 3.37. The summed E-state index contributed by atoms with van der Waals surface area (Å²) < 4.78 is 28.5. The van der Waals surface area contributed by atoms with Gasteiger partial charge in [0.2, 0.25) is 10.0 Å². The fourth-order valence-electron chi connectivity index (χ4n) is 1.67. The first-order valence-corrected chi connectivity index (χ1v) is 7.88. The van der Waals surface area contributed by atoms with Crippen LogP contribution in [0.1, 0.15) is 11.5 Å². The lowest BCUT2D eigenvalue weighted by Gasteiger charge is -2.09. The van der Waals surface area contributed by atoms with Gasteiger partial charge in [0.15, 0.2) is 5.82 Å². The number of nitrogens with one attached hydrogen (secondary N) is 1. The molecule has 0 fully saturated rings. The largest absolute Gasteiger partial charge is 0.388 e. The van der Waals surface area contributed by atoms with Crippen LogP contribution in [0.25, 0.3) is 0 Å². The molecular weight excluding hydrogens is 312 g/mol. The van der Waals surface area contributed by atoms with Gasteiger partial charge in [0, 0.05) is 26.2 Å². The Morgan fingerprint density at radius 3 is 2.86 bits per heavy atom. The third-order valence-corrected chi connectivity index (χ3v) is 4.27. The molecule has 0 spiro atoms. The first-order chi connectivity index (χ1) is 9.90. The summed E-state index contributed by atoms with van der Waals surface area (Å²) in [5, 5.41) is 4.07. The highest BCUT2D eigenvalue weighted by Crippen LogP contribution is 2.12. The Bertz CT molecular complexity index is 756. The van der Waals surface area contributed by atoms with Crippen molar-refractivity contribution in [2.24, 2.45) is 12.8 Å². The lowest BCUT2D eigenvalue weighted by atomic mass is 10.3. The molecule has 2 heterocycles. The van der Waals surface area contributed by atoms with Gasteiger partial charge in [-0.3, -0.25) is 9.67 Å². The van der Waals surface area contributed by atoms with Gasteiger partial charge in [0.25, 0.3) is 0 Å². The van der Waals surface area contributed by atoms with Crippen LogP contribution in [0, 0.1) is 0 Å². The van der Waals surface area contributed by atoms with E-state index in [1.807, 2.05) is 0 Å². The number of aryl methyl sites for hydroxylation is 1. The van der Waals surface area contributed by atoms with Crippen LogP contribution >= 0.6 is 12.2 Å². The van der Waals surface area contributed by atoms with Crippen molar-refractivity contribution in [3.63, 3.8) is 0 Å². The monoisotopic (exact) mass is 326 g/mol. The second-order valence-corrected chi connectivity index (χ2v) is 6.37. The minimum absolute atomic E-state index is 0.0357. The first kappa shape index (κ1) is 15.5. The molecule has 2 aromatic heterocycles. The first-order valence-electron chi connectivity index (χ1n) is 5.99. The second-order valence-electron chi connectivity index (χ2n) is 4.20. The molecule has 3 N–H and O–H groups in total. The van der Waals surface area contributed by atoms with Crippen molar-refractivity contribution in [2.75, 3.05) is 6.54 Å². The van der Waals surface area contributed by atoms with E-state index in [1.165, 1.54) is 18.3 Å². The van der Waals surface area contributed by atoms with Gasteiger partial charge in [0.1, 0.15) is 21.9 Å². The Balaban J connectivity index is 2.10. The summed E-state index contributed by atoms with van der Waals surface area (Å²) in [7, 11) is -2.00. The number of aromatic nitrogens is 4. The van der Waals surface area contributed by atoms with Crippen LogP contribution in [0.2, 0.25) is 0 Å². The lowest BCUT2D eigenvalue weighted by Crippen LogP contribution is -2.29. The number of hydrogen-bond acceptors (Lipinski definition) is 6. The van der Waals surface area contributed by atoms with Crippen LogP contribution in [0.15, 0.2) is 29.6 Å². The highest BCUT2D eigenvalue weighted by Gasteiger charge is 2.20. The molecule has 0 saturated heterocycles. The molecule has 0 bridgehead atoms. The van der Waals surface area contributed by atoms with Crippen LogP contribution in [0.5, 0.6) is 0 Å². The molecule has 0 unspecified atom stereocenters. The van der Waals surface area contributed by atoms with E-state index in [1.54, 1.807) is 18.1 Å². The van der Waals surface area contributed by atoms with E-state index in [0.29, 0.717) is 12.2 Å². The van der Waals surface area contributed by atoms with E-state index in [-0.39, 0.29) is 22.1 Å². The molecule has 0 amide bonds. The molecule has 112 valence electrons. The van der Waals surface area contributed by atoms with Crippen molar-refractivity contribution in [3.8, 4) is 0 Å². The minimum Gasteiger partial charge on any atom is -0.388 e. The molecule has 2 aromatic rings. The maximum Gasteiger partial charge on any atom is 0.242 e. The molecule has 0 radical (unpaired) electrons. The quantitative estimate of drug-likeness (QED) is 0.679. The van der Waals surface area contributed by atoms with Crippen molar-refractivity contribution < 1.29 is 8.42 Å². The second kappa shape index (κ2) is 6.24. The minimum atomic E-state index is -3.74.